The van der Waals surface area contributed by atoms with Gasteiger partial charge in [0.2, 0.25) is 0 Å². The van der Waals surface area contributed by atoms with Crippen molar-refractivity contribution in [1.29, 1.82) is 0 Å². The second-order valence-electron chi connectivity index (χ2n) is 4.30. The van der Waals surface area contributed by atoms with Crippen molar-refractivity contribution < 1.29 is 4.79 Å². The van der Waals surface area contributed by atoms with Crippen LogP contribution in [0.3, 0.4) is 0 Å². The lowest BCUT2D eigenvalue weighted by Crippen LogP contribution is -2.36. The molecule has 0 saturated heterocycles. The monoisotopic (exact) mass is 243 g/mol. The number of allylic oxidation sites excluding steroid dienone is 1. The van der Waals surface area contributed by atoms with E-state index in [2.05, 4.69) is 29.8 Å². The van der Waals surface area contributed by atoms with E-state index in [0.29, 0.717) is 5.92 Å². The van der Waals surface area contributed by atoms with Gasteiger partial charge in [-0.2, -0.15) is 0 Å². The molecule has 0 unspecified atom stereocenters. The molecule has 1 amide bonds. The molecule has 16 heavy (non-hydrogen) atoms. The quantitative estimate of drug-likeness (QED) is 0.641. The Bertz CT molecular complexity index is 289. The van der Waals surface area contributed by atoms with Crippen molar-refractivity contribution in [3.63, 3.8) is 0 Å². The van der Waals surface area contributed by atoms with Crippen LogP contribution in [0.1, 0.15) is 20.8 Å². The molecule has 5 heteroatoms. The summed E-state index contributed by atoms with van der Waals surface area (Å²) < 4.78 is 0. The largest absolute Gasteiger partial charge is 0.385 e. The molecule has 0 spiro atoms. The Balaban J connectivity index is 2.90. The predicted molar refractivity (Wildman–Crippen MR) is 69.0 cm³/mol. The van der Waals surface area contributed by atoms with Crippen molar-refractivity contribution >= 4 is 17.7 Å². The van der Waals surface area contributed by atoms with Gasteiger partial charge in [-0.3, -0.25) is 4.79 Å². The summed E-state index contributed by atoms with van der Waals surface area (Å²) in [5.74, 6) is 1.13. The van der Waals surface area contributed by atoms with Crippen molar-refractivity contribution in [3.8, 4) is 0 Å². The van der Waals surface area contributed by atoms with E-state index in [4.69, 9.17) is 0 Å². The summed E-state index contributed by atoms with van der Waals surface area (Å²) in [4.78, 5) is 12.8. The Morgan fingerprint density at radius 1 is 1.56 bits per heavy atom. The van der Waals surface area contributed by atoms with Crippen LogP contribution in [0, 0.1) is 5.92 Å². The van der Waals surface area contributed by atoms with E-state index >= 15 is 0 Å². The summed E-state index contributed by atoms with van der Waals surface area (Å²) in [6, 6.07) is 0.175. The standard InChI is InChI=1S/C11H21N3OS/c1-7(2)9-10(16-6-12-4)11(15)14-8(3)5-13-9/h7-8,12-13H,5-6H2,1-4H3,(H,14,15)/t8-/m1/s1. The van der Waals surface area contributed by atoms with Gasteiger partial charge in [0.1, 0.15) is 0 Å². The summed E-state index contributed by atoms with van der Waals surface area (Å²) in [5.41, 5.74) is 1.06. The predicted octanol–water partition coefficient (Wildman–Crippen LogP) is 0.872. The summed E-state index contributed by atoms with van der Waals surface area (Å²) in [6.07, 6.45) is 0. The minimum atomic E-state index is 0.0430. The molecule has 3 N–H and O–H groups in total. The first-order valence-corrected chi connectivity index (χ1v) is 6.61. The van der Waals surface area contributed by atoms with Crippen molar-refractivity contribution in [2.75, 3.05) is 19.5 Å². The molecule has 1 aliphatic rings. The number of hydrogen-bond donors (Lipinski definition) is 3. The molecule has 4 nitrogen and oxygen atoms in total. The molecule has 0 aliphatic carbocycles. The number of rotatable bonds is 4. The van der Waals surface area contributed by atoms with Crippen LogP contribution in [0.25, 0.3) is 0 Å². The van der Waals surface area contributed by atoms with Crippen LogP contribution in [-0.2, 0) is 4.79 Å². The Labute approximate surface area is 102 Å². The minimum absolute atomic E-state index is 0.0430. The van der Waals surface area contributed by atoms with Gasteiger partial charge in [0, 0.05) is 24.2 Å². The maximum Gasteiger partial charge on any atom is 0.259 e. The minimum Gasteiger partial charge on any atom is -0.385 e. The second kappa shape index (κ2) is 6.15. The highest BCUT2D eigenvalue weighted by Gasteiger charge is 2.23. The molecule has 1 rings (SSSR count). The van der Waals surface area contributed by atoms with E-state index in [0.717, 1.165) is 23.0 Å². The van der Waals surface area contributed by atoms with E-state index < -0.39 is 0 Å². The molecular formula is C11H21N3OS. The van der Waals surface area contributed by atoms with Gasteiger partial charge < -0.3 is 16.0 Å². The third-order valence-electron chi connectivity index (χ3n) is 2.37. The molecule has 0 aromatic rings. The van der Waals surface area contributed by atoms with E-state index in [-0.39, 0.29) is 11.9 Å². The number of carbonyl (C=O) groups is 1. The number of carbonyl (C=O) groups excluding carboxylic acids is 1. The van der Waals surface area contributed by atoms with Crippen LogP contribution < -0.4 is 16.0 Å². The Morgan fingerprint density at radius 2 is 2.25 bits per heavy atom. The summed E-state index contributed by atoms with van der Waals surface area (Å²) in [7, 11) is 1.88. The van der Waals surface area contributed by atoms with Gasteiger partial charge in [-0.25, -0.2) is 0 Å². The third kappa shape index (κ3) is 3.42. The molecule has 1 heterocycles. The lowest BCUT2D eigenvalue weighted by atomic mass is 10.1. The molecule has 0 aromatic heterocycles. The fourth-order valence-electron chi connectivity index (χ4n) is 1.56. The topological polar surface area (TPSA) is 53.2 Å². The Kier molecular flexibility index (Phi) is 5.15. The lowest BCUT2D eigenvalue weighted by molar-refractivity contribution is -0.117. The SMILES string of the molecule is CNCSC1=C(C(C)C)NC[C@@H](C)NC1=O. The average molecular weight is 243 g/mol. The van der Waals surface area contributed by atoms with Crippen molar-refractivity contribution in [2.24, 2.45) is 5.92 Å². The number of amides is 1. The molecule has 0 radical (unpaired) electrons. The zero-order valence-electron chi connectivity index (χ0n) is 10.4. The highest BCUT2D eigenvalue weighted by Crippen LogP contribution is 2.24. The maximum absolute atomic E-state index is 12.0. The Hall–Kier alpha value is -0.680. The first-order chi connectivity index (χ1) is 7.56. The van der Waals surface area contributed by atoms with E-state index in [1.165, 1.54) is 0 Å². The van der Waals surface area contributed by atoms with Crippen LogP contribution in [0.15, 0.2) is 10.6 Å². The van der Waals surface area contributed by atoms with Crippen molar-refractivity contribution in [2.45, 2.75) is 26.8 Å². The molecule has 92 valence electrons. The summed E-state index contributed by atoms with van der Waals surface area (Å²) in [6.45, 7) is 7.01. The molecule has 0 bridgehead atoms. The van der Waals surface area contributed by atoms with Crippen LogP contribution in [0.5, 0.6) is 0 Å². The summed E-state index contributed by atoms with van der Waals surface area (Å²) >= 11 is 1.55. The molecule has 0 aromatic carbocycles. The fourth-order valence-corrected chi connectivity index (χ4v) is 2.50. The highest BCUT2D eigenvalue weighted by atomic mass is 32.2. The van der Waals surface area contributed by atoms with Gasteiger partial charge in [0.25, 0.3) is 5.91 Å². The maximum atomic E-state index is 12.0. The van der Waals surface area contributed by atoms with E-state index in [1.54, 1.807) is 11.8 Å². The zero-order chi connectivity index (χ0) is 12.1. The number of nitrogens with one attached hydrogen (secondary N) is 3. The second-order valence-corrected chi connectivity index (χ2v) is 5.28. The van der Waals surface area contributed by atoms with Gasteiger partial charge >= 0.3 is 0 Å². The van der Waals surface area contributed by atoms with Gasteiger partial charge in [-0.1, -0.05) is 13.8 Å². The van der Waals surface area contributed by atoms with Crippen molar-refractivity contribution in [1.82, 2.24) is 16.0 Å². The fraction of sp³-hybridized carbons (Fsp3) is 0.727. The van der Waals surface area contributed by atoms with E-state index in [1.807, 2.05) is 14.0 Å². The lowest BCUT2D eigenvalue weighted by Gasteiger charge is -2.15. The van der Waals surface area contributed by atoms with Crippen LogP contribution in [0.2, 0.25) is 0 Å². The average Bonchev–Trinajstić information content (AvgIpc) is 2.34. The van der Waals surface area contributed by atoms with Crippen LogP contribution >= 0.6 is 11.8 Å². The van der Waals surface area contributed by atoms with Crippen LogP contribution in [0.4, 0.5) is 0 Å². The third-order valence-corrected chi connectivity index (χ3v) is 3.49. The number of hydrogen-bond acceptors (Lipinski definition) is 4. The molecule has 0 saturated carbocycles. The van der Waals surface area contributed by atoms with Gasteiger partial charge in [0.05, 0.1) is 4.91 Å². The first-order valence-electron chi connectivity index (χ1n) is 5.62. The highest BCUT2D eigenvalue weighted by molar-refractivity contribution is 8.03. The van der Waals surface area contributed by atoms with Gasteiger partial charge in [-0.15, -0.1) is 11.8 Å². The molecule has 0 fully saturated rings. The van der Waals surface area contributed by atoms with Gasteiger partial charge in [0.15, 0.2) is 0 Å². The molecule has 1 atom stereocenters. The van der Waals surface area contributed by atoms with Crippen molar-refractivity contribution in [3.05, 3.63) is 10.6 Å². The summed E-state index contributed by atoms with van der Waals surface area (Å²) in [5, 5.41) is 9.39. The molecule has 1 aliphatic heterocycles. The first kappa shape index (κ1) is 13.4. The molecular weight excluding hydrogens is 222 g/mol. The normalized spacial score (nSPS) is 21.8. The van der Waals surface area contributed by atoms with Gasteiger partial charge in [-0.05, 0) is 19.9 Å². The zero-order valence-corrected chi connectivity index (χ0v) is 11.2. The van der Waals surface area contributed by atoms with E-state index in [9.17, 15) is 4.79 Å². The Morgan fingerprint density at radius 3 is 2.81 bits per heavy atom. The smallest absolute Gasteiger partial charge is 0.259 e. The van der Waals surface area contributed by atoms with Crippen LogP contribution in [-0.4, -0.2) is 31.4 Å². The number of thioether (sulfide) groups is 1.